The molecule has 0 amide bonds. The lowest BCUT2D eigenvalue weighted by molar-refractivity contribution is -0.124. The van der Waals surface area contributed by atoms with Crippen molar-refractivity contribution in [2.75, 3.05) is 7.11 Å². The molecule has 0 aliphatic heterocycles. The molecule has 0 saturated heterocycles. The van der Waals surface area contributed by atoms with E-state index >= 15 is 0 Å². The Morgan fingerprint density at radius 1 is 1.62 bits per heavy atom. The molecule has 1 aliphatic rings. The summed E-state index contributed by atoms with van der Waals surface area (Å²) < 4.78 is 5.08. The molecule has 0 atom stereocenters. The van der Waals surface area contributed by atoms with Gasteiger partial charge >= 0.3 is 0 Å². The maximum Gasteiger partial charge on any atom is 0.0699 e. The standard InChI is InChI=1S/C6H12O2/c1-6(8-2)3-5(7)4-6/h5,7H,3-4H2,1-2H3. The van der Waals surface area contributed by atoms with Gasteiger partial charge in [0, 0.05) is 20.0 Å². The maximum absolute atomic E-state index is 8.83. The summed E-state index contributed by atoms with van der Waals surface area (Å²) in [5, 5.41) is 8.83. The Bertz CT molecular complexity index is 84.5. The largest absolute Gasteiger partial charge is 0.393 e. The predicted molar refractivity (Wildman–Crippen MR) is 30.7 cm³/mol. The van der Waals surface area contributed by atoms with Crippen LogP contribution in [0.1, 0.15) is 19.8 Å². The summed E-state index contributed by atoms with van der Waals surface area (Å²) in [5.41, 5.74) is -0.0145. The molecule has 8 heavy (non-hydrogen) atoms. The Morgan fingerprint density at radius 2 is 2.12 bits per heavy atom. The quantitative estimate of drug-likeness (QED) is 0.542. The highest BCUT2D eigenvalue weighted by Crippen LogP contribution is 2.34. The molecule has 2 heteroatoms. The van der Waals surface area contributed by atoms with Crippen molar-refractivity contribution in [3.05, 3.63) is 0 Å². The topological polar surface area (TPSA) is 29.5 Å². The molecule has 0 aromatic heterocycles. The molecule has 0 aromatic rings. The lowest BCUT2D eigenvalue weighted by Crippen LogP contribution is -2.45. The van der Waals surface area contributed by atoms with E-state index in [0.29, 0.717) is 0 Å². The van der Waals surface area contributed by atoms with Crippen molar-refractivity contribution in [1.29, 1.82) is 0 Å². The van der Waals surface area contributed by atoms with Gasteiger partial charge in [0.2, 0.25) is 0 Å². The van der Waals surface area contributed by atoms with E-state index in [4.69, 9.17) is 9.84 Å². The SMILES string of the molecule is COC1(C)CC(O)C1. The second-order valence-corrected chi connectivity index (χ2v) is 2.72. The second kappa shape index (κ2) is 1.71. The van der Waals surface area contributed by atoms with E-state index in [0.717, 1.165) is 12.8 Å². The Labute approximate surface area is 49.5 Å². The third kappa shape index (κ3) is 0.858. The number of rotatable bonds is 1. The van der Waals surface area contributed by atoms with Gasteiger partial charge < -0.3 is 9.84 Å². The lowest BCUT2D eigenvalue weighted by Gasteiger charge is -2.40. The van der Waals surface area contributed by atoms with Crippen molar-refractivity contribution in [2.24, 2.45) is 0 Å². The first-order valence-corrected chi connectivity index (χ1v) is 2.89. The van der Waals surface area contributed by atoms with Crippen molar-refractivity contribution in [3.63, 3.8) is 0 Å². The third-order valence-corrected chi connectivity index (χ3v) is 1.83. The first-order valence-electron chi connectivity index (χ1n) is 2.89. The van der Waals surface area contributed by atoms with Crippen LogP contribution in [-0.2, 0) is 4.74 Å². The fourth-order valence-electron chi connectivity index (χ4n) is 1.10. The summed E-state index contributed by atoms with van der Waals surface area (Å²) in [7, 11) is 1.69. The van der Waals surface area contributed by atoms with Crippen molar-refractivity contribution in [3.8, 4) is 0 Å². The fourth-order valence-corrected chi connectivity index (χ4v) is 1.10. The zero-order chi connectivity index (χ0) is 6.20. The first kappa shape index (κ1) is 6.05. The average molecular weight is 116 g/mol. The molecule has 2 nitrogen and oxygen atoms in total. The summed E-state index contributed by atoms with van der Waals surface area (Å²) in [6, 6.07) is 0. The third-order valence-electron chi connectivity index (χ3n) is 1.83. The molecule has 0 heterocycles. The molecule has 0 unspecified atom stereocenters. The zero-order valence-corrected chi connectivity index (χ0v) is 5.35. The average Bonchev–Trinajstić information content (AvgIpc) is 1.63. The van der Waals surface area contributed by atoms with E-state index in [1.807, 2.05) is 6.92 Å². The summed E-state index contributed by atoms with van der Waals surface area (Å²) in [6.45, 7) is 2.01. The van der Waals surface area contributed by atoms with Gasteiger partial charge in [0.1, 0.15) is 0 Å². The van der Waals surface area contributed by atoms with Gasteiger partial charge in [-0.3, -0.25) is 0 Å². The van der Waals surface area contributed by atoms with Crippen molar-refractivity contribution in [1.82, 2.24) is 0 Å². The van der Waals surface area contributed by atoms with Crippen LogP contribution in [0.25, 0.3) is 0 Å². The molecular formula is C6H12O2. The summed E-state index contributed by atoms with van der Waals surface area (Å²) in [6.07, 6.45) is 1.48. The van der Waals surface area contributed by atoms with Gasteiger partial charge in [0.15, 0.2) is 0 Å². The number of hydrogen-bond donors (Lipinski definition) is 1. The highest BCUT2D eigenvalue weighted by atomic mass is 16.5. The highest BCUT2D eigenvalue weighted by molar-refractivity contribution is 4.91. The zero-order valence-electron chi connectivity index (χ0n) is 5.35. The van der Waals surface area contributed by atoms with Gasteiger partial charge in [-0.15, -0.1) is 0 Å². The minimum Gasteiger partial charge on any atom is -0.393 e. The Balaban J connectivity index is 2.30. The van der Waals surface area contributed by atoms with E-state index < -0.39 is 0 Å². The number of aliphatic hydroxyl groups excluding tert-OH is 1. The molecule has 1 aliphatic carbocycles. The number of hydrogen-bond acceptors (Lipinski definition) is 2. The Hall–Kier alpha value is -0.0800. The molecule has 1 saturated carbocycles. The predicted octanol–water partition coefficient (Wildman–Crippen LogP) is 0.546. The monoisotopic (exact) mass is 116 g/mol. The van der Waals surface area contributed by atoms with Crippen LogP contribution < -0.4 is 0 Å². The van der Waals surface area contributed by atoms with Crippen LogP contribution in [0, 0.1) is 0 Å². The van der Waals surface area contributed by atoms with Crippen LogP contribution >= 0.6 is 0 Å². The molecule has 1 rings (SSSR count). The van der Waals surface area contributed by atoms with Crippen LogP contribution in [0.2, 0.25) is 0 Å². The number of ether oxygens (including phenoxy) is 1. The molecule has 1 fully saturated rings. The Kier molecular flexibility index (Phi) is 1.29. The van der Waals surface area contributed by atoms with Gasteiger partial charge in [-0.25, -0.2) is 0 Å². The molecular weight excluding hydrogens is 104 g/mol. The second-order valence-electron chi connectivity index (χ2n) is 2.72. The minimum absolute atomic E-state index is 0.0145. The normalized spacial score (nSPS) is 46.1. The molecule has 48 valence electrons. The molecule has 0 aromatic carbocycles. The summed E-state index contributed by atoms with van der Waals surface area (Å²) in [4.78, 5) is 0. The molecule has 0 spiro atoms. The first-order chi connectivity index (χ1) is 3.66. The molecule has 0 bridgehead atoms. The maximum atomic E-state index is 8.83. The van der Waals surface area contributed by atoms with Gasteiger partial charge in [-0.2, -0.15) is 0 Å². The van der Waals surface area contributed by atoms with E-state index in [1.165, 1.54) is 0 Å². The molecule has 1 N–H and O–H groups in total. The lowest BCUT2D eigenvalue weighted by atomic mass is 9.79. The van der Waals surface area contributed by atoms with Gasteiger partial charge in [-0.05, 0) is 6.92 Å². The van der Waals surface area contributed by atoms with Crippen molar-refractivity contribution < 1.29 is 9.84 Å². The Morgan fingerprint density at radius 3 is 2.25 bits per heavy atom. The van der Waals surface area contributed by atoms with Gasteiger partial charge in [0.05, 0.1) is 11.7 Å². The van der Waals surface area contributed by atoms with E-state index in [9.17, 15) is 0 Å². The van der Waals surface area contributed by atoms with E-state index in [-0.39, 0.29) is 11.7 Å². The molecule has 0 radical (unpaired) electrons. The van der Waals surface area contributed by atoms with Gasteiger partial charge in [0.25, 0.3) is 0 Å². The van der Waals surface area contributed by atoms with Crippen LogP contribution in [-0.4, -0.2) is 23.9 Å². The van der Waals surface area contributed by atoms with E-state index in [2.05, 4.69) is 0 Å². The van der Waals surface area contributed by atoms with Crippen LogP contribution in [0.5, 0.6) is 0 Å². The van der Waals surface area contributed by atoms with Gasteiger partial charge in [-0.1, -0.05) is 0 Å². The smallest absolute Gasteiger partial charge is 0.0699 e. The summed E-state index contributed by atoms with van der Waals surface area (Å²) >= 11 is 0. The van der Waals surface area contributed by atoms with E-state index in [1.54, 1.807) is 7.11 Å². The number of aliphatic hydroxyl groups is 1. The van der Waals surface area contributed by atoms with Crippen LogP contribution in [0.3, 0.4) is 0 Å². The fraction of sp³-hybridized carbons (Fsp3) is 1.00. The summed E-state index contributed by atoms with van der Waals surface area (Å²) in [5.74, 6) is 0. The van der Waals surface area contributed by atoms with Crippen molar-refractivity contribution >= 4 is 0 Å². The van der Waals surface area contributed by atoms with Crippen LogP contribution in [0.15, 0.2) is 0 Å². The van der Waals surface area contributed by atoms with Crippen molar-refractivity contribution in [2.45, 2.75) is 31.5 Å². The van der Waals surface area contributed by atoms with Crippen LogP contribution in [0.4, 0.5) is 0 Å². The number of methoxy groups -OCH3 is 1. The minimum atomic E-state index is -0.111. The highest BCUT2D eigenvalue weighted by Gasteiger charge is 2.39.